The maximum absolute atomic E-state index is 5.77. The molecule has 0 fully saturated rings. The van der Waals surface area contributed by atoms with Crippen LogP contribution in [0.4, 0.5) is 0 Å². The molecule has 0 radical (unpaired) electrons. The van der Waals surface area contributed by atoms with E-state index in [0.717, 1.165) is 5.75 Å². The molecular weight excluding hydrogens is 280 g/mol. The second-order valence-corrected chi connectivity index (χ2v) is 4.79. The van der Waals surface area contributed by atoms with Crippen LogP contribution in [0.5, 0.6) is 11.6 Å². The van der Waals surface area contributed by atoms with Gasteiger partial charge in [-0.15, -0.1) is 0 Å². The van der Waals surface area contributed by atoms with E-state index in [0.29, 0.717) is 16.4 Å². The van der Waals surface area contributed by atoms with Crippen molar-refractivity contribution in [2.75, 3.05) is 0 Å². The number of benzene rings is 1. The monoisotopic (exact) mass is 292 g/mol. The van der Waals surface area contributed by atoms with Crippen LogP contribution >= 0.6 is 15.9 Å². The third-order valence-corrected chi connectivity index (χ3v) is 2.80. The lowest BCUT2D eigenvalue weighted by atomic mass is 10.0. The fourth-order valence-electron chi connectivity index (χ4n) is 1.54. The van der Waals surface area contributed by atoms with Crippen molar-refractivity contribution in [2.45, 2.75) is 19.8 Å². The Bertz CT molecular complexity index is 514. The number of ether oxygens (including phenoxy) is 1. The first kappa shape index (κ1) is 12.0. The van der Waals surface area contributed by atoms with Crippen LogP contribution < -0.4 is 4.74 Å². The zero-order valence-electron chi connectivity index (χ0n) is 9.72. The van der Waals surface area contributed by atoms with Crippen LogP contribution in [-0.2, 0) is 0 Å². The van der Waals surface area contributed by atoms with Crippen LogP contribution in [0.2, 0.25) is 0 Å². The van der Waals surface area contributed by atoms with Crippen molar-refractivity contribution >= 4 is 15.9 Å². The summed E-state index contributed by atoms with van der Waals surface area (Å²) >= 11 is 3.29. The fourth-order valence-corrected chi connectivity index (χ4v) is 1.82. The predicted molar refractivity (Wildman–Crippen MR) is 70.3 cm³/mol. The first-order valence-corrected chi connectivity index (χ1v) is 6.20. The van der Waals surface area contributed by atoms with Crippen molar-refractivity contribution in [3.05, 3.63) is 46.8 Å². The van der Waals surface area contributed by atoms with Gasteiger partial charge in [-0.2, -0.15) is 0 Å². The molecule has 0 N–H and O–H groups in total. The van der Waals surface area contributed by atoms with E-state index >= 15 is 0 Å². The first-order valence-electron chi connectivity index (χ1n) is 5.41. The molecule has 0 spiro atoms. The topological polar surface area (TPSA) is 35.0 Å². The van der Waals surface area contributed by atoms with E-state index in [1.807, 2.05) is 18.2 Å². The molecule has 88 valence electrons. The molecular formula is C13H13BrN2O. The number of hydrogen-bond acceptors (Lipinski definition) is 3. The Hall–Kier alpha value is -1.42. The molecule has 4 heteroatoms. The maximum Gasteiger partial charge on any atom is 0.223 e. The molecule has 0 aliphatic rings. The van der Waals surface area contributed by atoms with Crippen LogP contribution in [0.25, 0.3) is 0 Å². The lowest BCUT2D eigenvalue weighted by Gasteiger charge is -2.12. The maximum atomic E-state index is 5.77. The van der Waals surface area contributed by atoms with E-state index in [-0.39, 0.29) is 0 Å². The van der Waals surface area contributed by atoms with Gasteiger partial charge in [0.2, 0.25) is 5.88 Å². The molecule has 0 bridgehead atoms. The molecule has 0 aliphatic carbocycles. The second-order valence-electron chi connectivity index (χ2n) is 3.97. The molecule has 0 atom stereocenters. The van der Waals surface area contributed by atoms with E-state index in [1.165, 1.54) is 11.9 Å². The van der Waals surface area contributed by atoms with Gasteiger partial charge in [0, 0.05) is 6.07 Å². The highest BCUT2D eigenvalue weighted by Gasteiger charge is 2.08. The van der Waals surface area contributed by atoms with Crippen LogP contribution in [-0.4, -0.2) is 9.97 Å². The molecule has 0 unspecified atom stereocenters. The summed E-state index contributed by atoms with van der Waals surface area (Å²) in [6.07, 6.45) is 1.47. The number of hydrogen-bond donors (Lipinski definition) is 0. The van der Waals surface area contributed by atoms with Crippen molar-refractivity contribution in [3.8, 4) is 11.6 Å². The minimum absolute atomic E-state index is 0.413. The third kappa shape index (κ3) is 3.03. The van der Waals surface area contributed by atoms with Crippen LogP contribution in [0.1, 0.15) is 25.3 Å². The normalized spacial score (nSPS) is 10.6. The van der Waals surface area contributed by atoms with Gasteiger partial charge in [0.1, 0.15) is 16.7 Å². The van der Waals surface area contributed by atoms with Gasteiger partial charge in [-0.3, -0.25) is 0 Å². The molecule has 17 heavy (non-hydrogen) atoms. The highest BCUT2D eigenvalue weighted by Crippen LogP contribution is 2.29. The number of nitrogens with zero attached hydrogens (tertiary/aromatic N) is 2. The van der Waals surface area contributed by atoms with Gasteiger partial charge in [-0.05, 0) is 33.5 Å². The van der Waals surface area contributed by atoms with Gasteiger partial charge in [0.15, 0.2) is 0 Å². The predicted octanol–water partition coefficient (Wildman–Crippen LogP) is 4.15. The molecule has 1 aromatic heterocycles. The molecule has 2 aromatic rings. The van der Waals surface area contributed by atoms with Crippen molar-refractivity contribution < 1.29 is 4.74 Å². The van der Waals surface area contributed by atoms with E-state index < -0.39 is 0 Å². The van der Waals surface area contributed by atoms with Gasteiger partial charge < -0.3 is 4.74 Å². The standard InChI is InChI=1S/C13H13BrN2O/c1-9(2)10-5-3-4-6-11(10)17-13-7-12(14)15-8-16-13/h3-9H,1-2H3. The van der Waals surface area contributed by atoms with E-state index in [4.69, 9.17) is 4.74 Å². The lowest BCUT2D eigenvalue weighted by molar-refractivity contribution is 0.452. The highest BCUT2D eigenvalue weighted by molar-refractivity contribution is 9.10. The number of rotatable bonds is 3. The highest BCUT2D eigenvalue weighted by atomic mass is 79.9. The average molecular weight is 293 g/mol. The lowest BCUT2D eigenvalue weighted by Crippen LogP contribution is -1.95. The molecule has 1 heterocycles. The van der Waals surface area contributed by atoms with E-state index in [1.54, 1.807) is 6.07 Å². The Morgan fingerprint density at radius 2 is 1.94 bits per heavy atom. The van der Waals surface area contributed by atoms with Crippen molar-refractivity contribution in [1.29, 1.82) is 0 Å². The Morgan fingerprint density at radius 1 is 1.18 bits per heavy atom. The summed E-state index contributed by atoms with van der Waals surface area (Å²) in [5.74, 6) is 1.80. The minimum atomic E-state index is 0.413. The van der Waals surface area contributed by atoms with Gasteiger partial charge >= 0.3 is 0 Å². The zero-order chi connectivity index (χ0) is 12.3. The number of aromatic nitrogens is 2. The van der Waals surface area contributed by atoms with Crippen LogP contribution in [0, 0.1) is 0 Å². The Morgan fingerprint density at radius 3 is 2.65 bits per heavy atom. The smallest absolute Gasteiger partial charge is 0.223 e. The third-order valence-electron chi connectivity index (χ3n) is 2.36. The molecule has 1 aromatic carbocycles. The van der Waals surface area contributed by atoms with Crippen molar-refractivity contribution in [3.63, 3.8) is 0 Å². The van der Waals surface area contributed by atoms with Gasteiger partial charge in [-0.1, -0.05) is 32.0 Å². The fraction of sp³-hybridized carbons (Fsp3) is 0.231. The minimum Gasteiger partial charge on any atom is -0.439 e. The van der Waals surface area contributed by atoms with Gasteiger partial charge in [-0.25, -0.2) is 9.97 Å². The molecule has 0 saturated heterocycles. The van der Waals surface area contributed by atoms with Gasteiger partial charge in [0.25, 0.3) is 0 Å². The van der Waals surface area contributed by atoms with E-state index in [2.05, 4.69) is 45.8 Å². The van der Waals surface area contributed by atoms with E-state index in [9.17, 15) is 0 Å². The Labute approximate surface area is 109 Å². The largest absolute Gasteiger partial charge is 0.439 e. The molecule has 0 amide bonds. The summed E-state index contributed by atoms with van der Waals surface area (Å²) in [4.78, 5) is 8.04. The first-order chi connectivity index (χ1) is 8.16. The van der Waals surface area contributed by atoms with Gasteiger partial charge in [0.05, 0.1) is 0 Å². The molecule has 2 rings (SSSR count). The van der Waals surface area contributed by atoms with Crippen LogP contribution in [0.15, 0.2) is 41.3 Å². The second kappa shape index (κ2) is 5.27. The SMILES string of the molecule is CC(C)c1ccccc1Oc1cc(Br)ncn1. The average Bonchev–Trinajstić information content (AvgIpc) is 2.29. The number of para-hydroxylation sites is 1. The summed E-state index contributed by atoms with van der Waals surface area (Å²) in [6.45, 7) is 4.27. The molecule has 0 aliphatic heterocycles. The summed E-state index contributed by atoms with van der Waals surface area (Å²) in [5, 5.41) is 0. The van der Waals surface area contributed by atoms with Crippen molar-refractivity contribution in [1.82, 2.24) is 9.97 Å². The van der Waals surface area contributed by atoms with Crippen LogP contribution in [0.3, 0.4) is 0 Å². The Kier molecular flexibility index (Phi) is 3.74. The summed E-state index contributed by atoms with van der Waals surface area (Å²) in [5.41, 5.74) is 1.17. The zero-order valence-corrected chi connectivity index (χ0v) is 11.3. The summed E-state index contributed by atoms with van der Waals surface area (Å²) in [7, 11) is 0. The number of halogens is 1. The Balaban J connectivity index is 2.30. The van der Waals surface area contributed by atoms with Crippen molar-refractivity contribution in [2.24, 2.45) is 0 Å². The summed E-state index contributed by atoms with van der Waals surface area (Å²) in [6, 6.07) is 9.73. The molecule has 0 saturated carbocycles. The quantitative estimate of drug-likeness (QED) is 0.797. The summed E-state index contributed by atoms with van der Waals surface area (Å²) < 4.78 is 6.48. The molecule has 3 nitrogen and oxygen atoms in total.